The van der Waals surface area contributed by atoms with E-state index in [2.05, 4.69) is 17.1 Å². The molecule has 1 aliphatic carbocycles. The number of hydrogen-bond donors (Lipinski definition) is 0. The minimum Gasteiger partial charge on any atom is -0.464 e. The van der Waals surface area contributed by atoms with Gasteiger partial charge < -0.3 is 4.74 Å². The lowest BCUT2D eigenvalue weighted by Crippen LogP contribution is -2.22. The van der Waals surface area contributed by atoms with Gasteiger partial charge in [-0.15, -0.1) is 0 Å². The molecule has 2 aliphatic rings. The molecule has 0 saturated carbocycles. The number of aliphatic imine (C=N–C) groups is 1. The highest BCUT2D eigenvalue weighted by Gasteiger charge is 2.29. The monoisotopic (exact) mass is 191 g/mol. The zero-order valence-corrected chi connectivity index (χ0v) is 8.19. The Morgan fingerprint density at radius 2 is 2.36 bits per heavy atom. The summed E-state index contributed by atoms with van der Waals surface area (Å²) >= 11 is 0. The molecule has 0 fully saturated rings. The van der Waals surface area contributed by atoms with Crippen LogP contribution in [0.25, 0.3) is 0 Å². The van der Waals surface area contributed by atoms with Crippen molar-refractivity contribution in [2.24, 2.45) is 4.99 Å². The Hall–Kier alpha value is -1.38. The predicted molar refractivity (Wildman–Crippen MR) is 54.3 cm³/mol. The van der Waals surface area contributed by atoms with Crippen molar-refractivity contribution >= 4 is 12.2 Å². The second-order valence-electron chi connectivity index (χ2n) is 3.36. The average Bonchev–Trinajstić information content (AvgIpc) is 2.61. The lowest BCUT2D eigenvalue weighted by atomic mass is 9.95. The molecule has 3 heteroatoms. The summed E-state index contributed by atoms with van der Waals surface area (Å²) in [5.41, 5.74) is 2.30. The van der Waals surface area contributed by atoms with Gasteiger partial charge in [0.1, 0.15) is 0 Å². The highest BCUT2D eigenvalue weighted by Crippen LogP contribution is 2.28. The van der Waals surface area contributed by atoms with E-state index in [1.54, 1.807) is 6.21 Å². The lowest BCUT2D eigenvalue weighted by molar-refractivity contribution is -0.143. The summed E-state index contributed by atoms with van der Waals surface area (Å²) < 4.78 is 4.96. The van der Waals surface area contributed by atoms with Crippen LogP contribution in [0.3, 0.4) is 0 Å². The molecule has 0 amide bonds. The summed E-state index contributed by atoms with van der Waals surface area (Å²) in [6, 6.07) is -0.366. The van der Waals surface area contributed by atoms with E-state index >= 15 is 0 Å². The highest BCUT2D eigenvalue weighted by atomic mass is 16.5. The maximum atomic E-state index is 11.5. The standard InChI is InChI=1S/C11H13NO2/c1-2-14-11(13)10-9-6-4-3-5-8(9)7-12-10/h3-4,7,10H,2,5-6H2,1H3/t10-/m0/s1. The number of carbonyl (C=O) groups excluding carboxylic acids is 1. The van der Waals surface area contributed by atoms with Crippen LogP contribution in [-0.4, -0.2) is 24.8 Å². The fourth-order valence-electron chi connectivity index (χ4n) is 1.78. The summed E-state index contributed by atoms with van der Waals surface area (Å²) in [6.45, 7) is 2.23. The van der Waals surface area contributed by atoms with E-state index in [1.165, 1.54) is 5.57 Å². The molecule has 0 radical (unpaired) electrons. The Morgan fingerprint density at radius 1 is 1.57 bits per heavy atom. The Labute approximate surface area is 83.2 Å². The molecule has 0 unspecified atom stereocenters. The van der Waals surface area contributed by atoms with E-state index in [0.717, 1.165) is 18.4 Å². The Bertz CT molecular complexity index is 339. The molecule has 0 N–H and O–H groups in total. The number of esters is 1. The van der Waals surface area contributed by atoms with E-state index in [1.807, 2.05) is 6.92 Å². The fraction of sp³-hybridized carbons (Fsp3) is 0.455. The first kappa shape index (κ1) is 9.19. The van der Waals surface area contributed by atoms with Crippen LogP contribution >= 0.6 is 0 Å². The van der Waals surface area contributed by atoms with Crippen molar-refractivity contribution in [3.63, 3.8) is 0 Å². The molecule has 0 aromatic heterocycles. The molecule has 0 saturated heterocycles. The first-order chi connectivity index (χ1) is 6.83. The summed E-state index contributed by atoms with van der Waals surface area (Å²) in [6.07, 6.45) is 7.73. The van der Waals surface area contributed by atoms with Gasteiger partial charge in [-0.25, -0.2) is 4.79 Å². The minimum absolute atomic E-state index is 0.218. The van der Waals surface area contributed by atoms with Crippen molar-refractivity contribution in [2.75, 3.05) is 6.61 Å². The van der Waals surface area contributed by atoms with Crippen molar-refractivity contribution in [1.82, 2.24) is 0 Å². The van der Waals surface area contributed by atoms with E-state index in [4.69, 9.17) is 4.74 Å². The number of ether oxygens (including phenoxy) is 1. The van der Waals surface area contributed by atoms with Crippen LogP contribution in [-0.2, 0) is 9.53 Å². The number of hydrogen-bond acceptors (Lipinski definition) is 3. The van der Waals surface area contributed by atoms with E-state index in [-0.39, 0.29) is 12.0 Å². The van der Waals surface area contributed by atoms with Gasteiger partial charge in [-0.1, -0.05) is 12.2 Å². The molecule has 2 rings (SSSR count). The maximum Gasteiger partial charge on any atom is 0.335 e. The first-order valence-electron chi connectivity index (χ1n) is 4.89. The second-order valence-corrected chi connectivity index (χ2v) is 3.36. The van der Waals surface area contributed by atoms with Gasteiger partial charge >= 0.3 is 5.97 Å². The summed E-state index contributed by atoms with van der Waals surface area (Å²) in [5.74, 6) is -0.218. The van der Waals surface area contributed by atoms with Crippen LogP contribution in [0.4, 0.5) is 0 Å². The van der Waals surface area contributed by atoms with Crippen molar-refractivity contribution in [3.05, 3.63) is 23.3 Å². The normalized spacial score (nSPS) is 23.9. The van der Waals surface area contributed by atoms with Crippen molar-refractivity contribution in [1.29, 1.82) is 0 Å². The summed E-state index contributed by atoms with van der Waals surface area (Å²) in [5, 5.41) is 0. The van der Waals surface area contributed by atoms with Crippen LogP contribution in [0.2, 0.25) is 0 Å². The Balaban J connectivity index is 2.12. The SMILES string of the molecule is CCOC(=O)[C@H]1N=CC2=C1CC=CC2. The smallest absolute Gasteiger partial charge is 0.335 e. The van der Waals surface area contributed by atoms with Crippen molar-refractivity contribution in [2.45, 2.75) is 25.8 Å². The van der Waals surface area contributed by atoms with Gasteiger partial charge in [0.15, 0.2) is 6.04 Å². The molecule has 0 spiro atoms. The third kappa shape index (κ3) is 1.50. The minimum atomic E-state index is -0.366. The van der Waals surface area contributed by atoms with Crippen LogP contribution in [0.1, 0.15) is 19.8 Å². The first-order valence-corrected chi connectivity index (χ1v) is 4.89. The molecular formula is C11H13NO2. The lowest BCUT2D eigenvalue weighted by Gasteiger charge is -2.13. The van der Waals surface area contributed by atoms with Gasteiger partial charge in [0, 0.05) is 6.21 Å². The maximum absolute atomic E-state index is 11.5. The Kier molecular flexibility index (Phi) is 2.48. The van der Waals surface area contributed by atoms with Gasteiger partial charge in [-0.05, 0) is 30.9 Å². The van der Waals surface area contributed by atoms with Gasteiger partial charge in [0.2, 0.25) is 0 Å². The highest BCUT2D eigenvalue weighted by molar-refractivity contribution is 5.93. The van der Waals surface area contributed by atoms with E-state index in [0.29, 0.717) is 6.61 Å². The molecule has 0 aromatic carbocycles. The Morgan fingerprint density at radius 3 is 3.14 bits per heavy atom. The molecule has 3 nitrogen and oxygen atoms in total. The third-order valence-corrected chi connectivity index (χ3v) is 2.47. The summed E-state index contributed by atoms with van der Waals surface area (Å²) in [7, 11) is 0. The molecule has 1 atom stereocenters. The molecule has 1 aliphatic heterocycles. The number of allylic oxidation sites excluding steroid dienone is 3. The molecule has 74 valence electrons. The van der Waals surface area contributed by atoms with Gasteiger partial charge in [-0.3, -0.25) is 4.99 Å². The fourth-order valence-corrected chi connectivity index (χ4v) is 1.78. The van der Waals surface area contributed by atoms with Crippen LogP contribution in [0, 0.1) is 0 Å². The van der Waals surface area contributed by atoms with Crippen LogP contribution in [0.15, 0.2) is 28.3 Å². The van der Waals surface area contributed by atoms with Gasteiger partial charge in [-0.2, -0.15) is 0 Å². The zero-order chi connectivity index (χ0) is 9.97. The van der Waals surface area contributed by atoms with E-state index < -0.39 is 0 Å². The third-order valence-electron chi connectivity index (χ3n) is 2.47. The van der Waals surface area contributed by atoms with Gasteiger partial charge in [0.05, 0.1) is 6.61 Å². The van der Waals surface area contributed by atoms with Crippen LogP contribution in [0.5, 0.6) is 0 Å². The molecule has 14 heavy (non-hydrogen) atoms. The number of rotatable bonds is 2. The quantitative estimate of drug-likeness (QED) is 0.491. The topological polar surface area (TPSA) is 38.7 Å². The van der Waals surface area contributed by atoms with Crippen molar-refractivity contribution < 1.29 is 9.53 Å². The van der Waals surface area contributed by atoms with Crippen LogP contribution < -0.4 is 0 Å². The second kappa shape index (κ2) is 3.78. The molecule has 1 heterocycles. The van der Waals surface area contributed by atoms with Gasteiger partial charge in [0.25, 0.3) is 0 Å². The summed E-state index contributed by atoms with van der Waals surface area (Å²) in [4.78, 5) is 15.7. The number of nitrogens with zero attached hydrogens (tertiary/aromatic N) is 1. The average molecular weight is 191 g/mol. The van der Waals surface area contributed by atoms with E-state index in [9.17, 15) is 4.79 Å². The molecule has 0 aromatic rings. The molecular weight excluding hydrogens is 178 g/mol. The zero-order valence-electron chi connectivity index (χ0n) is 8.19. The number of carbonyl (C=O) groups is 1. The van der Waals surface area contributed by atoms with Crippen molar-refractivity contribution in [3.8, 4) is 0 Å². The molecule has 0 bridgehead atoms. The predicted octanol–water partition coefficient (Wildman–Crippen LogP) is 1.65. The largest absolute Gasteiger partial charge is 0.464 e.